The summed E-state index contributed by atoms with van der Waals surface area (Å²) in [6, 6.07) is 6.81. The van der Waals surface area contributed by atoms with E-state index in [1.54, 1.807) is 20.9 Å². The molecule has 1 aliphatic heterocycles. The molecule has 256 valence electrons. The van der Waals surface area contributed by atoms with Crippen LogP contribution < -0.4 is 9.47 Å². The zero-order valence-corrected chi connectivity index (χ0v) is 28.6. The highest BCUT2D eigenvalue weighted by Gasteiger charge is 2.37. The van der Waals surface area contributed by atoms with Gasteiger partial charge >= 0.3 is 12.6 Å². The first-order valence-electron chi connectivity index (χ1n) is 15.8. The maximum Gasteiger partial charge on any atom is 0.387 e. The summed E-state index contributed by atoms with van der Waals surface area (Å²) < 4.78 is 74.5. The fourth-order valence-corrected chi connectivity index (χ4v) is 8.51. The van der Waals surface area contributed by atoms with Crippen LogP contribution in [0, 0.1) is 6.92 Å². The molecule has 0 saturated heterocycles. The quantitative estimate of drug-likeness (QED) is 0.187. The standard InChI is InChI=1S/C33H36ClF2N5O6S/c1-5-23-17-41(48(43,44)28-12-22(34)15-37-32(28)46-23)16-21-11-20(10-19-8-7-9-24(19)21)26(14-29(42)45-6-2)25-13-27(47-33(35)36)31-30(18(25)3)38-39-40(31)4/h10-13,15,23,26,33H,5-9,14,16-17H2,1-4H3/t23-,26-/m1/s1. The lowest BCUT2D eigenvalue weighted by atomic mass is 9.83. The van der Waals surface area contributed by atoms with Gasteiger partial charge in [-0.1, -0.05) is 35.9 Å². The van der Waals surface area contributed by atoms with Crippen LogP contribution in [0.1, 0.15) is 72.4 Å². The first-order chi connectivity index (χ1) is 22.9. The molecule has 0 bridgehead atoms. The zero-order chi connectivity index (χ0) is 34.3. The van der Waals surface area contributed by atoms with E-state index in [2.05, 4.69) is 15.3 Å². The van der Waals surface area contributed by atoms with Gasteiger partial charge in [0.25, 0.3) is 0 Å². The summed E-state index contributed by atoms with van der Waals surface area (Å²) in [6.07, 6.45) is 3.76. The van der Waals surface area contributed by atoms with Gasteiger partial charge in [0.15, 0.2) is 5.75 Å². The molecule has 6 rings (SSSR count). The van der Waals surface area contributed by atoms with Gasteiger partial charge in [0, 0.05) is 25.7 Å². The van der Waals surface area contributed by atoms with E-state index in [-0.39, 0.29) is 47.7 Å². The minimum Gasteiger partial charge on any atom is -0.472 e. The SMILES string of the molecule is CCOC(=O)C[C@H](c1cc2c(c(CN3C[C@@H](CC)Oc4ncc(Cl)cc4S3(=O)=O)c1)CCC2)c1cc(OC(F)F)c2c(nnn2C)c1C. The molecule has 2 aliphatic rings. The number of nitrogens with zero attached hydrogens (tertiary/aromatic N) is 5. The van der Waals surface area contributed by atoms with Crippen molar-refractivity contribution in [2.45, 2.75) is 82.9 Å². The Hall–Kier alpha value is -3.88. The minimum atomic E-state index is -4.08. The molecule has 2 atom stereocenters. The van der Waals surface area contributed by atoms with E-state index in [4.69, 9.17) is 25.8 Å². The maximum absolute atomic E-state index is 14.1. The maximum atomic E-state index is 14.1. The number of halogens is 3. The summed E-state index contributed by atoms with van der Waals surface area (Å²) in [6.45, 7) is 2.62. The number of aromatic nitrogens is 4. The van der Waals surface area contributed by atoms with Gasteiger partial charge in [-0.15, -0.1) is 5.10 Å². The molecule has 3 heterocycles. The predicted octanol–water partition coefficient (Wildman–Crippen LogP) is 5.86. The number of alkyl halides is 2. The molecular formula is C33H36ClF2N5O6S. The van der Waals surface area contributed by atoms with Crippen LogP contribution in [0.15, 0.2) is 35.4 Å². The van der Waals surface area contributed by atoms with E-state index in [1.165, 1.54) is 27.3 Å². The Balaban J connectivity index is 1.49. The highest BCUT2D eigenvalue weighted by molar-refractivity contribution is 7.89. The molecule has 4 aromatic rings. The van der Waals surface area contributed by atoms with Crippen molar-refractivity contribution < 1.29 is 36.2 Å². The number of sulfonamides is 1. The van der Waals surface area contributed by atoms with Crippen LogP contribution in [0.3, 0.4) is 0 Å². The number of carbonyl (C=O) groups is 1. The smallest absolute Gasteiger partial charge is 0.387 e. The average molecular weight is 704 g/mol. The van der Waals surface area contributed by atoms with Gasteiger partial charge in [0.2, 0.25) is 15.9 Å². The van der Waals surface area contributed by atoms with Crippen LogP contribution in [0.5, 0.6) is 11.6 Å². The molecule has 0 fully saturated rings. The van der Waals surface area contributed by atoms with E-state index in [0.29, 0.717) is 34.1 Å². The summed E-state index contributed by atoms with van der Waals surface area (Å²) in [5, 5.41) is 8.43. The molecule has 0 saturated carbocycles. The molecule has 0 spiro atoms. The minimum absolute atomic E-state index is 0.0129. The normalized spacial score (nSPS) is 17.9. The first-order valence-corrected chi connectivity index (χ1v) is 17.6. The van der Waals surface area contributed by atoms with Crippen LogP contribution in [-0.2, 0) is 46.0 Å². The fourth-order valence-electron chi connectivity index (χ4n) is 6.74. The van der Waals surface area contributed by atoms with E-state index in [1.807, 2.05) is 19.1 Å². The Kier molecular flexibility index (Phi) is 9.60. The second-order valence-electron chi connectivity index (χ2n) is 12.0. The van der Waals surface area contributed by atoms with Crippen LogP contribution >= 0.6 is 11.6 Å². The van der Waals surface area contributed by atoms with E-state index >= 15 is 0 Å². The number of esters is 1. The largest absolute Gasteiger partial charge is 0.472 e. The van der Waals surface area contributed by atoms with Crippen LogP contribution in [0.25, 0.3) is 11.0 Å². The first kappa shape index (κ1) is 34.0. The molecule has 1 aliphatic carbocycles. The Morgan fingerprint density at radius 3 is 2.71 bits per heavy atom. The van der Waals surface area contributed by atoms with Crippen molar-refractivity contribution in [3.63, 3.8) is 0 Å². The molecule has 0 N–H and O–H groups in total. The van der Waals surface area contributed by atoms with Crippen molar-refractivity contribution in [1.29, 1.82) is 0 Å². The van der Waals surface area contributed by atoms with Crippen molar-refractivity contribution in [3.8, 4) is 11.6 Å². The fraction of sp³-hybridized carbons (Fsp3) is 0.455. The summed E-state index contributed by atoms with van der Waals surface area (Å²) in [7, 11) is -2.49. The van der Waals surface area contributed by atoms with E-state index in [0.717, 1.165) is 36.0 Å². The molecule has 0 amide bonds. The van der Waals surface area contributed by atoms with Gasteiger partial charge in [0.05, 0.1) is 24.6 Å². The number of carbonyl (C=O) groups excluding carboxylic acids is 1. The van der Waals surface area contributed by atoms with Gasteiger partial charge in [-0.3, -0.25) is 4.79 Å². The average Bonchev–Trinajstić information content (AvgIpc) is 3.66. The number of aryl methyl sites for hydroxylation is 3. The van der Waals surface area contributed by atoms with Gasteiger partial charge in [-0.25, -0.2) is 18.1 Å². The number of benzene rings is 2. The number of hydrogen-bond acceptors (Lipinski definition) is 9. The summed E-state index contributed by atoms with van der Waals surface area (Å²) in [4.78, 5) is 17.2. The van der Waals surface area contributed by atoms with Gasteiger partial charge < -0.3 is 14.2 Å². The third-order valence-corrected chi connectivity index (χ3v) is 11.0. The summed E-state index contributed by atoms with van der Waals surface area (Å²) in [5.41, 5.74) is 5.46. The second kappa shape index (κ2) is 13.6. The van der Waals surface area contributed by atoms with Gasteiger partial charge in [-0.05, 0) is 85.0 Å². The van der Waals surface area contributed by atoms with Crippen LogP contribution in [0.4, 0.5) is 8.78 Å². The van der Waals surface area contributed by atoms with E-state index < -0.39 is 34.6 Å². The van der Waals surface area contributed by atoms with Crippen molar-refractivity contribution >= 4 is 38.6 Å². The number of pyridine rings is 1. The predicted molar refractivity (Wildman–Crippen MR) is 173 cm³/mol. The molecule has 48 heavy (non-hydrogen) atoms. The van der Waals surface area contributed by atoms with Crippen molar-refractivity contribution in [3.05, 3.63) is 68.9 Å². The Morgan fingerprint density at radius 2 is 1.98 bits per heavy atom. The Morgan fingerprint density at radius 1 is 1.19 bits per heavy atom. The monoisotopic (exact) mass is 703 g/mol. The molecule has 2 aromatic heterocycles. The molecule has 2 aromatic carbocycles. The molecule has 0 unspecified atom stereocenters. The molecule has 0 radical (unpaired) electrons. The van der Waals surface area contributed by atoms with Gasteiger partial charge in [0.1, 0.15) is 22.0 Å². The van der Waals surface area contributed by atoms with Crippen LogP contribution in [-0.4, -0.2) is 64.5 Å². The molecular weight excluding hydrogens is 668 g/mol. The topological polar surface area (TPSA) is 126 Å². The highest BCUT2D eigenvalue weighted by Crippen LogP contribution is 2.41. The number of hydrogen-bond donors (Lipinski definition) is 0. The molecule has 15 heteroatoms. The lowest BCUT2D eigenvalue weighted by Gasteiger charge is -2.26. The highest BCUT2D eigenvalue weighted by atomic mass is 35.5. The van der Waals surface area contributed by atoms with Crippen LogP contribution in [0.2, 0.25) is 5.02 Å². The summed E-state index contributed by atoms with van der Waals surface area (Å²) >= 11 is 6.18. The number of rotatable bonds is 10. The van der Waals surface area contributed by atoms with Crippen molar-refractivity contribution in [2.24, 2.45) is 7.05 Å². The van der Waals surface area contributed by atoms with Crippen molar-refractivity contribution in [2.75, 3.05) is 13.2 Å². The number of fused-ring (bicyclic) bond motifs is 3. The van der Waals surface area contributed by atoms with Gasteiger partial charge in [-0.2, -0.15) is 13.1 Å². The Labute approximate surface area is 282 Å². The number of ether oxygens (including phenoxy) is 3. The third kappa shape index (κ3) is 6.45. The second-order valence-corrected chi connectivity index (χ2v) is 14.4. The van der Waals surface area contributed by atoms with E-state index in [9.17, 15) is 22.0 Å². The third-order valence-electron chi connectivity index (χ3n) is 9.03. The summed E-state index contributed by atoms with van der Waals surface area (Å²) in [5.74, 6) is -1.23. The Bertz CT molecular complexity index is 1990. The zero-order valence-electron chi connectivity index (χ0n) is 27.0. The lowest BCUT2D eigenvalue weighted by Crippen LogP contribution is -2.36. The molecule has 11 nitrogen and oxygen atoms in total. The lowest BCUT2D eigenvalue weighted by molar-refractivity contribution is -0.143. The van der Waals surface area contributed by atoms with Crippen molar-refractivity contribution in [1.82, 2.24) is 24.3 Å².